The fraction of sp³-hybridized carbons (Fsp3) is 0.917. The summed E-state index contributed by atoms with van der Waals surface area (Å²) in [5.74, 6) is -1.84. The Hall–Kier alpha value is 0.330. The Bertz CT molecular complexity index is 410. The molecule has 0 saturated carbocycles. The average molecular weight is 400 g/mol. The van der Waals surface area contributed by atoms with Crippen LogP contribution in [-0.4, -0.2) is 158 Å². The van der Waals surface area contributed by atoms with Gasteiger partial charge in [0.15, 0.2) is 12.4 Å². The van der Waals surface area contributed by atoms with Crippen LogP contribution in [0, 0.1) is 0 Å². The van der Waals surface area contributed by atoms with Gasteiger partial charge in [-0.2, -0.15) is 0 Å². The van der Waals surface area contributed by atoms with Crippen LogP contribution in [0.3, 0.4) is 0 Å². The van der Waals surface area contributed by atoms with Crippen LogP contribution in [0.4, 0.5) is 0 Å². The first-order valence-corrected chi connectivity index (χ1v) is 6.99. The van der Waals surface area contributed by atoms with Crippen molar-refractivity contribution in [1.82, 2.24) is 0 Å². The Labute approximate surface area is 171 Å². The molecule has 0 spiro atoms. The Kier molecular flexibility index (Phi) is 11.4. The number of aliphatic hydroxyl groups is 8. The molecule has 0 bridgehead atoms. The molecule has 9 N–H and O–H groups in total. The molecule has 0 aromatic carbocycles. The number of rotatable bonds is 8. The molecule has 0 unspecified atom stereocenters. The Balaban J connectivity index is 0.00000576. The predicted molar refractivity (Wildman–Crippen MR) is 79.9 cm³/mol. The van der Waals surface area contributed by atoms with Gasteiger partial charge in [0.25, 0.3) is 0 Å². The predicted octanol–water partition coefficient (Wildman–Crippen LogP) is -6.59. The number of aliphatic carboxylic acids is 1. The van der Waals surface area contributed by atoms with Gasteiger partial charge in [-0.25, -0.2) is 4.79 Å². The van der Waals surface area contributed by atoms with Crippen molar-refractivity contribution in [3.8, 4) is 0 Å². The van der Waals surface area contributed by atoms with E-state index in [9.17, 15) is 35.4 Å². The summed E-state index contributed by atoms with van der Waals surface area (Å²) in [6.45, 7) is -1.76. The van der Waals surface area contributed by atoms with Crippen molar-refractivity contribution in [3.05, 3.63) is 0 Å². The van der Waals surface area contributed by atoms with Crippen LogP contribution in [0.15, 0.2) is 0 Å². The van der Waals surface area contributed by atoms with Crippen LogP contribution < -0.4 is 0 Å². The number of hydrogen-bond acceptors (Lipinski definition) is 11. The molecule has 0 aromatic heterocycles. The molecule has 146 valence electrons. The minimum atomic E-state index is -2.39. The first kappa shape index (κ1) is 25.3. The van der Waals surface area contributed by atoms with Gasteiger partial charge in [-0.3, -0.25) is 0 Å². The standard InChI is InChI=1S/C12H22O12.Ca.2H/c13-1-3(15)10(7(18)8(19)11(21)22)24-12-9(20)6(17)5(16)4(2-14)23-12;;;/h3-10,12-20H,1-2H2,(H,21,22);;;/t3-,4-,5+,6+,7-,8-,9-,10-,12+;;;/m1.../s1. The summed E-state index contributed by atoms with van der Waals surface area (Å²) in [7, 11) is 0. The SMILES string of the molecule is O=C(O)[C@H](O)[C@@H](O)[C@H](O[C@@H]1O[C@H](CO)[C@H](O)[C@H](O)[C@H]1O)[C@H](O)CO.[CaH2]. The summed E-state index contributed by atoms with van der Waals surface area (Å²) in [5.41, 5.74) is 0. The summed E-state index contributed by atoms with van der Waals surface area (Å²) >= 11 is 0. The van der Waals surface area contributed by atoms with Crippen LogP contribution in [0.1, 0.15) is 0 Å². The van der Waals surface area contributed by atoms with E-state index in [4.69, 9.17) is 24.8 Å². The second kappa shape index (κ2) is 11.2. The number of carboxylic acids is 1. The normalized spacial score (nSPS) is 34.5. The van der Waals surface area contributed by atoms with Crippen LogP contribution in [0.2, 0.25) is 0 Å². The van der Waals surface area contributed by atoms with E-state index in [0.717, 1.165) is 0 Å². The van der Waals surface area contributed by atoms with Gasteiger partial charge >= 0.3 is 43.7 Å². The molecule has 12 nitrogen and oxygen atoms in total. The van der Waals surface area contributed by atoms with E-state index >= 15 is 0 Å². The van der Waals surface area contributed by atoms with Gasteiger partial charge in [0.05, 0.1) is 13.2 Å². The van der Waals surface area contributed by atoms with Gasteiger partial charge in [-0.1, -0.05) is 0 Å². The first-order valence-electron chi connectivity index (χ1n) is 6.99. The number of carbonyl (C=O) groups is 1. The molecule has 0 aromatic rings. The molecule has 1 heterocycles. The van der Waals surface area contributed by atoms with E-state index in [1.165, 1.54) is 0 Å². The van der Waals surface area contributed by atoms with E-state index in [2.05, 4.69) is 0 Å². The van der Waals surface area contributed by atoms with E-state index in [-0.39, 0.29) is 37.7 Å². The van der Waals surface area contributed by atoms with Crippen molar-refractivity contribution in [1.29, 1.82) is 0 Å². The van der Waals surface area contributed by atoms with Crippen LogP contribution in [-0.2, 0) is 14.3 Å². The van der Waals surface area contributed by atoms with Gasteiger partial charge in [-0.05, 0) is 0 Å². The molecular weight excluding hydrogens is 376 g/mol. The molecule has 1 fully saturated rings. The molecule has 1 aliphatic heterocycles. The second-order valence-electron chi connectivity index (χ2n) is 5.32. The minimum absolute atomic E-state index is 0. The summed E-state index contributed by atoms with van der Waals surface area (Å²) in [4.78, 5) is 10.7. The van der Waals surface area contributed by atoms with Gasteiger partial charge < -0.3 is 55.4 Å². The van der Waals surface area contributed by atoms with Crippen molar-refractivity contribution in [2.24, 2.45) is 0 Å². The fourth-order valence-corrected chi connectivity index (χ4v) is 2.16. The third-order valence-electron chi connectivity index (χ3n) is 3.62. The Morgan fingerprint density at radius 3 is 2.04 bits per heavy atom. The third-order valence-corrected chi connectivity index (χ3v) is 3.62. The second-order valence-corrected chi connectivity index (χ2v) is 5.32. The number of carboxylic acid groups (broad SMARTS) is 1. The monoisotopic (exact) mass is 400 g/mol. The molecule has 1 saturated heterocycles. The molecule has 0 radical (unpaired) electrons. The van der Waals surface area contributed by atoms with E-state index in [0.29, 0.717) is 0 Å². The summed E-state index contributed by atoms with van der Waals surface area (Å²) in [5, 5.41) is 84.5. The summed E-state index contributed by atoms with van der Waals surface area (Å²) in [6, 6.07) is 0. The molecule has 25 heavy (non-hydrogen) atoms. The van der Waals surface area contributed by atoms with Crippen LogP contribution in [0.5, 0.6) is 0 Å². The maximum atomic E-state index is 10.7. The topological polar surface area (TPSA) is 218 Å². The zero-order valence-electron chi connectivity index (χ0n) is 12.4. The van der Waals surface area contributed by atoms with Gasteiger partial charge in [0.1, 0.15) is 42.7 Å². The fourth-order valence-electron chi connectivity index (χ4n) is 2.16. The van der Waals surface area contributed by atoms with Gasteiger partial charge in [-0.15, -0.1) is 0 Å². The van der Waals surface area contributed by atoms with Gasteiger partial charge in [0, 0.05) is 0 Å². The number of hydrogen-bond donors (Lipinski definition) is 9. The Morgan fingerprint density at radius 2 is 1.60 bits per heavy atom. The zero-order chi connectivity index (χ0) is 18.6. The van der Waals surface area contributed by atoms with Crippen molar-refractivity contribution in [3.63, 3.8) is 0 Å². The quantitative estimate of drug-likeness (QED) is 0.174. The van der Waals surface area contributed by atoms with Crippen molar-refractivity contribution in [2.75, 3.05) is 13.2 Å². The molecule has 9 atom stereocenters. The average Bonchev–Trinajstić information content (AvgIpc) is 2.57. The molecule has 1 rings (SSSR count). The number of aliphatic hydroxyl groups excluding tert-OH is 8. The van der Waals surface area contributed by atoms with E-state index in [1.807, 2.05) is 0 Å². The maximum absolute atomic E-state index is 10.7. The van der Waals surface area contributed by atoms with Gasteiger partial charge in [0.2, 0.25) is 0 Å². The van der Waals surface area contributed by atoms with Crippen LogP contribution >= 0.6 is 0 Å². The summed E-state index contributed by atoms with van der Waals surface area (Å²) in [6.07, 6.45) is -16.9. The van der Waals surface area contributed by atoms with Crippen molar-refractivity contribution in [2.45, 2.75) is 55.1 Å². The summed E-state index contributed by atoms with van der Waals surface area (Å²) < 4.78 is 9.98. The molecule has 13 heteroatoms. The van der Waals surface area contributed by atoms with Crippen molar-refractivity contribution >= 4 is 43.7 Å². The molecule has 0 amide bonds. The third kappa shape index (κ3) is 6.17. The zero-order valence-corrected chi connectivity index (χ0v) is 12.4. The Morgan fingerprint density at radius 1 is 1.04 bits per heavy atom. The molecule has 0 aliphatic carbocycles. The molecule has 1 aliphatic rings. The van der Waals surface area contributed by atoms with E-state index in [1.54, 1.807) is 0 Å². The number of ether oxygens (including phenoxy) is 2. The van der Waals surface area contributed by atoms with Crippen LogP contribution in [0.25, 0.3) is 0 Å². The first-order chi connectivity index (χ1) is 11.1. The molecular formula is C12H24CaO12. The van der Waals surface area contributed by atoms with Crippen molar-refractivity contribution < 1.29 is 60.2 Å². The van der Waals surface area contributed by atoms with E-state index < -0.39 is 74.3 Å².